The van der Waals surface area contributed by atoms with Crippen molar-refractivity contribution in [3.05, 3.63) is 22.4 Å². The summed E-state index contributed by atoms with van der Waals surface area (Å²) in [5, 5.41) is 4.80. The van der Waals surface area contributed by atoms with Crippen LogP contribution < -0.4 is 5.32 Å². The molecule has 2 rings (SSSR count). The summed E-state index contributed by atoms with van der Waals surface area (Å²) in [6.07, 6.45) is 0.420. The molecule has 2 heterocycles. The molecule has 0 saturated carbocycles. The van der Waals surface area contributed by atoms with Crippen LogP contribution in [0.4, 0.5) is 0 Å². The minimum atomic E-state index is -0.304. The van der Waals surface area contributed by atoms with Crippen LogP contribution >= 0.6 is 11.3 Å². The van der Waals surface area contributed by atoms with E-state index in [0.717, 1.165) is 9.78 Å². The molecular formula is C14H19N3O3S. The molecule has 1 atom stereocenters. The van der Waals surface area contributed by atoms with E-state index in [1.807, 2.05) is 36.5 Å². The van der Waals surface area contributed by atoms with E-state index < -0.39 is 0 Å². The Morgan fingerprint density at radius 3 is 2.57 bits per heavy atom. The van der Waals surface area contributed by atoms with Crippen molar-refractivity contribution >= 4 is 29.1 Å². The van der Waals surface area contributed by atoms with Gasteiger partial charge in [0.05, 0.1) is 6.04 Å². The molecule has 21 heavy (non-hydrogen) atoms. The first kappa shape index (κ1) is 15.7. The van der Waals surface area contributed by atoms with E-state index in [1.165, 1.54) is 0 Å². The average molecular weight is 309 g/mol. The van der Waals surface area contributed by atoms with Crippen LogP contribution in [0.2, 0.25) is 0 Å². The predicted molar refractivity (Wildman–Crippen MR) is 79.7 cm³/mol. The Bertz CT molecular complexity index is 512. The second-order valence-electron chi connectivity index (χ2n) is 5.17. The normalized spacial score (nSPS) is 16.6. The molecule has 1 unspecified atom stereocenters. The minimum absolute atomic E-state index is 0.0823. The van der Waals surface area contributed by atoms with E-state index >= 15 is 0 Å². The zero-order valence-corrected chi connectivity index (χ0v) is 13.0. The number of carbonyl (C=O) groups is 3. The van der Waals surface area contributed by atoms with Crippen LogP contribution in [0.3, 0.4) is 0 Å². The largest absolute Gasteiger partial charge is 0.353 e. The minimum Gasteiger partial charge on any atom is -0.353 e. The van der Waals surface area contributed by atoms with Gasteiger partial charge in [-0.05, 0) is 25.5 Å². The van der Waals surface area contributed by atoms with Crippen LogP contribution in [0.15, 0.2) is 17.5 Å². The number of rotatable bonds is 6. The van der Waals surface area contributed by atoms with Crippen LogP contribution in [0.1, 0.15) is 23.8 Å². The maximum Gasteiger partial charge on any atom is 0.240 e. The highest BCUT2D eigenvalue weighted by atomic mass is 32.1. The Morgan fingerprint density at radius 2 is 2.05 bits per heavy atom. The molecule has 1 aromatic rings. The van der Waals surface area contributed by atoms with Gasteiger partial charge in [-0.1, -0.05) is 6.07 Å². The standard InChI is InChI=1S/C14H19N3O3S/c1-16(2)10(11-4-3-7-21-11)8-15-12(18)9-17-13(19)5-6-14(17)20/h3-4,7,10H,5-6,8-9H2,1-2H3,(H,15,18). The quantitative estimate of drug-likeness (QED) is 0.782. The van der Waals surface area contributed by atoms with E-state index in [1.54, 1.807) is 11.3 Å². The summed E-state index contributed by atoms with van der Waals surface area (Å²) >= 11 is 1.63. The Labute approximate surface area is 127 Å². The summed E-state index contributed by atoms with van der Waals surface area (Å²) in [5.74, 6) is -0.836. The number of imide groups is 1. The first-order chi connectivity index (χ1) is 9.99. The smallest absolute Gasteiger partial charge is 0.240 e. The molecule has 7 heteroatoms. The van der Waals surface area contributed by atoms with Gasteiger partial charge in [0.25, 0.3) is 0 Å². The van der Waals surface area contributed by atoms with Crippen molar-refractivity contribution < 1.29 is 14.4 Å². The summed E-state index contributed by atoms with van der Waals surface area (Å²) < 4.78 is 0. The summed E-state index contributed by atoms with van der Waals surface area (Å²) in [5.41, 5.74) is 0. The van der Waals surface area contributed by atoms with Gasteiger partial charge in [-0.2, -0.15) is 0 Å². The maximum absolute atomic E-state index is 11.9. The topological polar surface area (TPSA) is 69.7 Å². The highest BCUT2D eigenvalue weighted by molar-refractivity contribution is 7.10. The highest BCUT2D eigenvalue weighted by Crippen LogP contribution is 2.22. The van der Waals surface area contributed by atoms with Gasteiger partial charge in [-0.15, -0.1) is 11.3 Å². The van der Waals surface area contributed by atoms with Crippen molar-refractivity contribution in [2.75, 3.05) is 27.2 Å². The lowest BCUT2D eigenvalue weighted by Gasteiger charge is -2.24. The summed E-state index contributed by atoms with van der Waals surface area (Å²) in [4.78, 5) is 39.1. The van der Waals surface area contributed by atoms with E-state index in [2.05, 4.69) is 5.32 Å². The second kappa shape index (κ2) is 6.82. The van der Waals surface area contributed by atoms with Crippen LogP contribution in [0.25, 0.3) is 0 Å². The summed E-state index contributed by atoms with van der Waals surface area (Å²) in [6.45, 7) is 0.269. The molecule has 0 aliphatic carbocycles. The third-order valence-corrected chi connectivity index (χ3v) is 4.42. The van der Waals surface area contributed by atoms with Crippen molar-refractivity contribution in [1.82, 2.24) is 15.1 Å². The third-order valence-electron chi connectivity index (χ3n) is 3.44. The third kappa shape index (κ3) is 3.89. The molecule has 6 nitrogen and oxygen atoms in total. The first-order valence-electron chi connectivity index (χ1n) is 6.78. The van der Waals surface area contributed by atoms with Crippen molar-refractivity contribution in [2.45, 2.75) is 18.9 Å². The molecule has 1 aliphatic heterocycles. The van der Waals surface area contributed by atoms with Crippen molar-refractivity contribution in [1.29, 1.82) is 0 Å². The molecule has 0 radical (unpaired) electrons. The Kier molecular flexibility index (Phi) is 5.08. The van der Waals surface area contributed by atoms with Crippen LogP contribution in [0.5, 0.6) is 0 Å². The number of hydrogen-bond donors (Lipinski definition) is 1. The van der Waals surface area contributed by atoms with Crippen LogP contribution in [-0.2, 0) is 14.4 Å². The Hall–Kier alpha value is -1.73. The number of amides is 3. The van der Waals surface area contributed by atoms with E-state index in [4.69, 9.17) is 0 Å². The number of carbonyl (C=O) groups excluding carboxylic acids is 3. The lowest BCUT2D eigenvalue weighted by molar-refractivity contribution is -0.142. The zero-order chi connectivity index (χ0) is 15.4. The van der Waals surface area contributed by atoms with Gasteiger partial charge in [-0.3, -0.25) is 19.3 Å². The Morgan fingerprint density at radius 1 is 1.38 bits per heavy atom. The first-order valence-corrected chi connectivity index (χ1v) is 7.66. The van der Waals surface area contributed by atoms with E-state index in [9.17, 15) is 14.4 Å². The van der Waals surface area contributed by atoms with Gasteiger partial charge >= 0.3 is 0 Å². The summed E-state index contributed by atoms with van der Waals surface area (Å²) in [6, 6.07) is 4.08. The van der Waals surface area contributed by atoms with E-state index in [-0.39, 0.29) is 43.1 Å². The zero-order valence-electron chi connectivity index (χ0n) is 12.2. The lowest BCUT2D eigenvalue weighted by Crippen LogP contribution is -2.42. The number of nitrogens with one attached hydrogen (secondary N) is 1. The number of likely N-dealkylation sites (N-methyl/N-ethyl adjacent to an activating group) is 1. The fourth-order valence-electron chi connectivity index (χ4n) is 2.23. The van der Waals surface area contributed by atoms with Gasteiger partial charge < -0.3 is 10.2 Å². The molecule has 1 aromatic heterocycles. The molecule has 1 aliphatic rings. The van der Waals surface area contributed by atoms with Crippen LogP contribution in [-0.4, -0.2) is 54.7 Å². The van der Waals surface area contributed by atoms with Gasteiger partial charge in [0.2, 0.25) is 17.7 Å². The lowest BCUT2D eigenvalue weighted by atomic mass is 10.2. The molecular weight excluding hydrogens is 290 g/mol. The molecule has 114 valence electrons. The number of nitrogens with zero attached hydrogens (tertiary/aromatic N) is 2. The molecule has 1 saturated heterocycles. The number of hydrogen-bond acceptors (Lipinski definition) is 5. The average Bonchev–Trinajstić information content (AvgIpc) is 3.04. The van der Waals surface area contributed by atoms with Crippen molar-refractivity contribution in [3.63, 3.8) is 0 Å². The predicted octanol–water partition coefficient (Wildman–Crippen LogP) is 0.616. The van der Waals surface area contributed by atoms with Gasteiger partial charge in [0.15, 0.2) is 0 Å². The van der Waals surface area contributed by atoms with Crippen molar-refractivity contribution in [2.24, 2.45) is 0 Å². The fraction of sp³-hybridized carbons (Fsp3) is 0.500. The highest BCUT2D eigenvalue weighted by Gasteiger charge is 2.30. The molecule has 1 N–H and O–H groups in total. The van der Waals surface area contributed by atoms with E-state index in [0.29, 0.717) is 6.54 Å². The second-order valence-corrected chi connectivity index (χ2v) is 6.15. The SMILES string of the molecule is CN(C)C(CNC(=O)CN1C(=O)CCC1=O)c1cccs1. The molecule has 3 amide bonds. The number of thiophene rings is 1. The fourth-order valence-corrected chi connectivity index (χ4v) is 3.15. The Balaban J connectivity index is 1.88. The van der Waals surface area contributed by atoms with Gasteiger partial charge in [0.1, 0.15) is 6.54 Å². The maximum atomic E-state index is 11.9. The van der Waals surface area contributed by atoms with Crippen LogP contribution in [0, 0.1) is 0 Å². The molecule has 0 bridgehead atoms. The summed E-state index contributed by atoms with van der Waals surface area (Å²) in [7, 11) is 3.90. The monoisotopic (exact) mass is 309 g/mol. The van der Waals surface area contributed by atoms with Crippen molar-refractivity contribution in [3.8, 4) is 0 Å². The molecule has 0 spiro atoms. The van der Waals surface area contributed by atoms with Gasteiger partial charge in [0, 0.05) is 24.3 Å². The molecule has 0 aromatic carbocycles. The molecule has 1 fully saturated rings. The van der Waals surface area contributed by atoms with Gasteiger partial charge in [-0.25, -0.2) is 0 Å². The number of likely N-dealkylation sites (tertiary alicyclic amines) is 1.